The molecule has 0 fully saturated rings. The summed E-state index contributed by atoms with van der Waals surface area (Å²) in [5.41, 5.74) is 0.485. The molecule has 0 spiro atoms. The second-order valence-electron chi connectivity index (χ2n) is 4.55. The van der Waals surface area contributed by atoms with Crippen LogP contribution in [0, 0.1) is 10.1 Å². The van der Waals surface area contributed by atoms with Crippen LogP contribution in [0.5, 0.6) is 5.75 Å². The number of amides is 1. The first-order valence-electron chi connectivity index (χ1n) is 6.47. The normalized spacial score (nSPS) is 11.7. The van der Waals surface area contributed by atoms with Crippen molar-refractivity contribution in [2.45, 2.75) is 17.1 Å². The van der Waals surface area contributed by atoms with Gasteiger partial charge in [-0.05, 0) is 43.3 Å². The molecule has 7 heteroatoms. The summed E-state index contributed by atoms with van der Waals surface area (Å²) in [5, 5.41) is 22.1. The summed E-state index contributed by atoms with van der Waals surface area (Å²) in [4.78, 5) is 23.0. The zero-order chi connectivity index (χ0) is 16.1. The van der Waals surface area contributed by atoms with Gasteiger partial charge in [0, 0.05) is 22.7 Å². The lowest BCUT2D eigenvalue weighted by molar-refractivity contribution is -0.384. The minimum Gasteiger partial charge on any atom is -0.508 e. The van der Waals surface area contributed by atoms with Crippen LogP contribution in [0.3, 0.4) is 0 Å². The third kappa shape index (κ3) is 4.23. The number of anilines is 1. The predicted molar refractivity (Wildman–Crippen MR) is 85.2 cm³/mol. The molecular weight excluding hydrogens is 304 g/mol. The fourth-order valence-electron chi connectivity index (χ4n) is 1.69. The molecule has 0 aliphatic rings. The minimum absolute atomic E-state index is 0.0236. The van der Waals surface area contributed by atoms with E-state index in [4.69, 9.17) is 0 Å². The molecule has 2 rings (SSSR count). The van der Waals surface area contributed by atoms with Crippen LogP contribution in [-0.2, 0) is 4.79 Å². The average Bonchev–Trinajstić information content (AvgIpc) is 2.50. The maximum Gasteiger partial charge on any atom is 0.269 e. The molecule has 0 aliphatic carbocycles. The number of rotatable bonds is 5. The monoisotopic (exact) mass is 318 g/mol. The number of benzene rings is 2. The van der Waals surface area contributed by atoms with Crippen LogP contribution in [0.4, 0.5) is 11.4 Å². The number of carbonyl (C=O) groups is 1. The highest BCUT2D eigenvalue weighted by Gasteiger charge is 2.15. The largest absolute Gasteiger partial charge is 0.508 e. The number of nitrogens with zero attached hydrogens (tertiary/aromatic N) is 1. The quantitative estimate of drug-likeness (QED) is 0.500. The van der Waals surface area contributed by atoms with Crippen molar-refractivity contribution in [1.29, 1.82) is 0 Å². The number of carbonyl (C=O) groups excluding carboxylic acids is 1. The van der Waals surface area contributed by atoms with E-state index in [1.807, 2.05) is 0 Å². The fraction of sp³-hybridized carbons (Fsp3) is 0.133. The molecule has 2 N–H and O–H groups in total. The van der Waals surface area contributed by atoms with E-state index in [-0.39, 0.29) is 22.6 Å². The molecule has 22 heavy (non-hydrogen) atoms. The van der Waals surface area contributed by atoms with Crippen LogP contribution >= 0.6 is 11.8 Å². The number of nitro groups is 1. The second-order valence-corrected chi connectivity index (χ2v) is 5.96. The van der Waals surface area contributed by atoms with Gasteiger partial charge >= 0.3 is 0 Å². The van der Waals surface area contributed by atoms with Gasteiger partial charge in [0.15, 0.2) is 0 Å². The van der Waals surface area contributed by atoms with Crippen molar-refractivity contribution in [2.24, 2.45) is 0 Å². The van der Waals surface area contributed by atoms with Gasteiger partial charge in [-0.2, -0.15) is 0 Å². The van der Waals surface area contributed by atoms with Gasteiger partial charge in [0.05, 0.1) is 10.2 Å². The van der Waals surface area contributed by atoms with E-state index < -0.39 is 4.92 Å². The molecule has 1 unspecified atom stereocenters. The summed E-state index contributed by atoms with van der Waals surface area (Å²) in [6.07, 6.45) is 0. The second kappa shape index (κ2) is 6.95. The summed E-state index contributed by atoms with van der Waals surface area (Å²) in [6.45, 7) is 1.76. The Morgan fingerprint density at radius 2 is 1.77 bits per heavy atom. The predicted octanol–water partition coefficient (Wildman–Crippen LogP) is 3.42. The third-order valence-corrected chi connectivity index (χ3v) is 3.98. The maximum absolute atomic E-state index is 12.1. The Kier molecular flexibility index (Phi) is 5.00. The van der Waals surface area contributed by atoms with E-state index in [9.17, 15) is 20.0 Å². The minimum atomic E-state index is -0.491. The van der Waals surface area contributed by atoms with E-state index in [0.717, 1.165) is 4.90 Å². The fourth-order valence-corrected chi connectivity index (χ4v) is 2.56. The standard InChI is InChI=1S/C15H14N2O4S/c1-10(22-14-8-6-13(18)7-9-14)15(19)16-11-2-4-12(5-3-11)17(20)21/h2-10,18H,1H3,(H,16,19). The van der Waals surface area contributed by atoms with Crippen molar-refractivity contribution in [3.05, 3.63) is 58.6 Å². The molecule has 0 radical (unpaired) electrons. The Bertz CT molecular complexity index is 671. The number of non-ortho nitro benzene ring substituents is 1. The van der Waals surface area contributed by atoms with Crippen molar-refractivity contribution in [1.82, 2.24) is 0 Å². The zero-order valence-electron chi connectivity index (χ0n) is 11.7. The molecule has 2 aromatic rings. The smallest absolute Gasteiger partial charge is 0.269 e. The van der Waals surface area contributed by atoms with E-state index in [1.54, 1.807) is 31.2 Å². The molecule has 0 aromatic heterocycles. The van der Waals surface area contributed by atoms with Crippen molar-refractivity contribution < 1.29 is 14.8 Å². The summed E-state index contributed by atoms with van der Waals surface area (Å²) >= 11 is 1.36. The van der Waals surface area contributed by atoms with E-state index in [0.29, 0.717) is 5.69 Å². The number of aromatic hydroxyl groups is 1. The Labute approximate surface area is 131 Å². The van der Waals surface area contributed by atoms with Gasteiger partial charge in [-0.1, -0.05) is 0 Å². The molecular formula is C15H14N2O4S. The molecule has 0 heterocycles. The SMILES string of the molecule is CC(Sc1ccc(O)cc1)C(=O)Nc1ccc([N+](=O)[O-])cc1. The highest BCUT2D eigenvalue weighted by Crippen LogP contribution is 2.26. The van der Waals surface area contributed by atoms with Gasteiger partial charge in [-0.15, -0.1) is 11.8 Å². The molecule has 1 atom stereocenters. The average molecular weight is 318 g/mol. The number of nitro benzene ring substituents is 1. The van der Waals surface area contributed by atoms with Crippen LogP contribution in [0.25, 0.3) is 0 Å². The zero-order valence-corrected chi connectivity index (χ0v) is 12.5. The van der Waals surface area contributed by atoms with Gasteiger partial charge in [0.25, 0.3) is 5.69 Å². The lowest BCUT2D eigenvalue weighted by Gasteiger charge is -2.12. The van der Waals surface area contributed by atoms with Crippen molar-refractivity contribution >= 4 is 29.0 Å². The van der Waals surface area contributed by atoms with Crippen LogP contribution in [0.1, 0.15) is 6.92 Å². The molecule has 0 aliphatic heterocycles. The molecule has 0 saturated heterocycles. The molecule has 1 amide bonds. The highest BCUT2D eigenvalue weighted by atomic mass is 32.2. The Hall–Kier alpha value is -2.54. The van der Waals surface area contributed by atoms with E-state index in [1.165, 1.54) is 36.0 Å². The van der Waals surface area contributed by atoms with Crippen LogP contribution < -0.4 is 5.32 Å². The van der Waals surface area contributed by atoms with Gasteiger partial charge in [-0.25, -0.2) is 0 Å². The molecule has 6 nitrogen and oxygen atoms in total. The molecule has 0 saturated carbocycles. The first kappa shape index (κ1) is 15.8. The van der Waals surface area contributed by atoms with E-state index >= 15 is 0 Å². The summed E-state index contributed by atoms with van der Waals surface area (Å²) < 4.78 is 0. The van der Waals surface area contributed by atoms with Crippen LogP contribution in [0.2, 0.25) is 0 Å². The summed E-state index contributed by atoms with van der Waals surface area (Å²) in [5.74, 6) is -0.0285. The Balaban J connectivity index is 1.95. The molecule has 0 bridgehead atoms. The first-order chi connectivity index (χ1) is 10.5. The maximum atomic E-state index is 12.1. The number of hydrogen-bond donors (Lipinski definition) is 2. The highest BCUT2D eigenvalue weighted by molar-refractivity contribution is 8.00. The molecule has 2 aromatic carbocycles. The summed E-state index contributed by atoms with van der Waals surface area (Å²) in [6, 6.07) is 12.3. The van der Waals surface area contributed by atoms with Crippen molar-refractivity contribution in [3.8, 4) is 5.75 Å². The number of nitrogens with one attached hydrogen (secondary N) is 1. The van der Waals surface area contributed by atoms with Crippen LogP contribution in [0.15, 0.2) is 53.4 Å². The third-order valence-electron chi connectivity index (χ3n) is 2.86. The Morgan fingerprint density at radius 3 is 2.32 bits per heavy atom. The van der Waals surface area contributed by atoms with Gasteiger partial charge in [0.1, 0.15) is 5.75 Å². The number of phenols is 1. The topological polar surface area (TPSA) is 92.5 Å². The Morgan fingerprint density at radius 1 is 1.18 bits per heavy atom. The molecule has 114 valence electrons. The lowest BCUT2D eigenvalue weighted by atomic mass is 10.3. The van der Waals surface area contributed by atoms with Crippen molar-refractivity contribution in [3.63, 3.8) is 0 Å². The van der Waals surface area contributed by atoms with Crippen LogP contribution in [-0.4, -0.2) is 21.2 Å². The van der Waals surface area contributed by atoms with Crippen molar-refractivity contribution in [2.75, 3.05) is 5.32 Å². The number of hydrogen-bond acceptors (Lipinski definition) is 5. The van der Waals surface area contributed by atoms with Gasteiger partial charge in [-0.3, -0.25) is 14.9 Å². The first-order valence-corrected chi connectivity index (χ1v) is 7.34. The number of phenolic OH excluding ortho intramolecular Hbond substituents is 1. The van der Waals surface area contributed by atoms with E-state index in [2.05, 4.69) is 5.32 Å². The lowest BCUT2D eigenvalue weighted by Crippen LogP contribution is -2.22. The van der Waals surface area contributed by atoms with Gasteiger partial charge in [0.2, 0.25) is 5.91 Å². The van der Waals surface area contributed by atoms with Gasteiger partial charge < -0.3 is 10.4 Å². The summed E-state index contributed by atoms with van der Waals surface area (Å²) in [7, 11) is 0. The number of thioether (sulfide) groups is 1.